The smallest absolute Gasteiger partial charge is 0.0668 e. The lowest BCUT2D eigenvalue weighted by atomic mass is 10.0. The zero-order valence-electron chi connectivity index (χ0n) is 11.6. The van der Waals surface area contributed by atoms with E-state index in [-0.39, 0.29) is 6.04 Å². The van der Waals surface area contributed by atoms with Crippen molar-refractivity contribution in [1.82, 2.24) is 0 Å². The van der Waals surface area contributed by atoms with Crippen molar-refractivity contribution in [3.8, 4) is 0 Å². The summed E-state index contributed by atoms with van der Waals surface area (Å²) in [6, 6.07) is 17.8. The van der Waals surface area contributed by atoms with Crippen LogP contribution < -0.4 is 10.6 Å². The van der Waals surface area contributed by atoms with Gasteiger partial charge in [-0.2, -0.15) is 0 Å². The molecule has 0 bridgehead atoms. The molecular formula is C17H19BrN2. The Labute approximate surface area is 128 Å². The number of fused-ring (bicyclic) bond motifs is 1. The zero-order valence-corrected chi connectivity index (χ0v) is 13.2. The van der Waals surface area contributed by atoms with E-state index in [1.54, 1.807) is 0 Å². The molecule has 2 nitrogen and oxygen atoms in total. The molecule has 1 heterocycles. The number of hydrogen-bond acceptors (Lipinski definition) is 2. The molecule has 3 rings (SSSR count). The fraction of sp³-hybridized carbons (Fsp3) is 0.294. The summed E-state index contributed by atoms with van der Waals surface area (Å²) in [6.07, 6.45) is 1.10. The fourth-order valence-corrected chi connectivity index (χ4v) is 3.61. The summed E-state index contributed by atoms with van der Waals surface area (Å²) in [5.41, 5.74) is 10.1. The molecule has 20 heavy (non-hydrogen) atoms. The molecule has 104 valence electrons. The van der Waals surface area contributed by atoms with E-state index < -0.39 is 0 Å². The van der Waals surface area contributed by atoms with Crippen LogP contribution in [0.4, 0.5) is 5.69 Å². The summed E-state index contributed by atoms with van der Waals surface area (Å²) in [6.45, 7) is 2.90. The Bertz CT molecular complexity index is 611. The van der Waals surface area contributed by atoms with Crippen molar-refractivity contribution in [2.45, 2.75) is 25.4 Å². The summed E-state index contributed by atoms with van der Waals surface area (Å²) in [4.78, 5) is 2.47. The molecule has 2 aromatic carbocycles. The number of anilines is 1. The van der Waals surface area contributed by atoms with Crippen LogP contribution in [0.25, 0.3) is 0 Å². The molecule has 0 fully saturated rings. The van der Waals surface area contributed by atoms with Gasteiger partial charge in [-0.05, 0) is 42.7 Å². The minimum Gasteiger partial charge on any atom is -0.360 e. The second kappa shape index (κ2) is 5.58. The lowest BCUT2D eigenvalue weighted by Crippen LogP contribution is -2.37. The Morgan fingerprint density at radius 3 is 2.80 bits per heavy atom. The van der Waals surface area contributed by atoms with E-state index in [2.05, 4.69) is 76.3 Å². The van der Waals surface area contributed by atoms with E-state index in [0.29, 0.717) is 12.6 Å². The van der Waals surface area contributed by atoms with Crippen LogP contribution in [-0.4, -0.2) is 12.6 Å². The van der Waals surface area contributed by atoms with Crippen LogP contribution in [-0.2, 0) is 6.42 Å². The first-order valence-corrected chi connectivity index (χ1v) is 7.82. The number of rotatable bonds is 3. The van der Waals surface area contributed by atoms with Crippen molar-refractivity contribution in [3.05, 3.63) is 64.1 Å². The quantitative estimate of drug-likeness (QED) is 0.924. The highest BCUT2D eigenvalue weighted by Gasteiger charge is 2.31. The van der Waals surface area contributed by atoms with Crippen molar-refractivity contribution in [2.24, 2.45) is 5.73 Å². The normalized spacial score (nSPS) is 18.9. The Kier molecular flexibility index (Phi) is 3.81. The Hall–Kier alpha value is -1.32. The number of hydrogen-bond donors (Lipinski definition) is 1. The minimum absolute atomic E-state index is 0.228. The van der Waals surface area contributed by atoms with Crippen LogP contribution in [0, 0.1) is 0 Å². The summed E-state index contributed by atoms with van der Waals surface area (Å²) in [7, 11) is 0. The Morgan fingerprint density at radius 1 is 1.25 bits per heavy atom. The van der Waals surface area contributed by atoms with Gasteiger partial charge in [0.15, 0.2) is 0 Å². The van der Waals surface area contributed by atoms with Crippen molar-refractivity contribution >= 4 is 21.6 Å². The highest BCUT2D eigenvalue weighted by molar-refractivity contribution is 9.10. The number of nitrogens with zero attached hydrogens (tertiary/aromatic N) is 1. The van der Waals surface area contributed by atoms with E-state index in [1.165, 1.54) is 16.8 Å². The second-order valence-corrected chi connectivity index (χ2v) is 6.31. The van der Waals surface area contributed by atoms with Crippen molar-refractivity contribution in [1.29, 1.82) is 0 Å². The van der Waals surface area contributed by atoms with Crippen LogP contribution in [0.1, 0.15) is 24.1 Å². The molecule has 2 atom stereocenters. The van der Waals surface area contributed by atoms with Gasteiger partial charge in [0.1, 0.15) is 0 Å². The first-order chi connectivity index (χ1) is 9.70. The molecule has 0 radical (unpaired) electrons. The molecule has 2 aromatic rings. The van der Waals surface area contributed by atoms with E-state index in [1.807, 2.05) is 0 Å². The third kappa shape index (κ3) is 2.36. The topological polar surface area (TPSA) is 29.3 Å². The van der Waals surface area contributed by atoms with Gasteiger partial charge in [0.25, 0.3) is 0 Å². The molecule has 0 aromatic heterocycles. The van der Waals surface area contributed by atoms with Gasteiger partial charge in [-0.1, -0.05) is 46.3 Å². The van der Waals surface area contributed by atoms with Gasteiger partial charge in [0, 0.05) is 22.7 Å². The summed E-state index contributed by atoms with van der Waals surface area (Å²) >= 11 is 3.56. The molecule has 0 aliphatic carbocycles. The molecule has 0 spiro atoms. The predicted octanol–water partition coefficient (Wildman–Crippen LogP) is 3.90. The molecule has 0 saturated heterocycles. The van der Waals surface area contributed by atoms with Gasteiger partial charge in [-0.15, -0.1) is 0 Å². The summed E-state index contributed by atoms with van der Waals surface area (Å²) in [5.74, 6) is 0. The summed E-state index contributed by atoms with van der Waals surface area (Å²) in [5, 5.41) is 0. The molecule has 0 saturated carbocycles. The van der Waals surface area contributed by atoms with Gasteiger partial charge in [0.2, 0.25) is 0 Å². The van der Waals surface area contributed by atoms with Crippen LogP contribution in [0.15, 0.2) is 53.0 Å². The molecule has 3 heteroatoms. The highest BCUT2D eigenvalue weighted by Crippen LogP contribution is 2.38. The number of benzene rings is 2. The standard InChI is InChI=1S/C17H19BrN2/c1-12-9-13-5-2-3-8-16(13)20(12)17(11-19)14-6-4-7-15(18)10-14/h2-8,10,12,17H,9,11,19H2,1H3. The van der Waals surface area contributed by atoms with Gasteiger partial charge >= 0.3 is 0 Å². The molecule has 1 aliphatic rings. The third-order valence-electron chi connectivity index (χ3n) is 4.05. The number of nitrogens with two attached hydrogens (primary N) is 1. The van der Waals surface area contributed by atoms with Crippen LogP contribution >= 0.6 is 15.9 Å². The third-order valence-corrected chi connectivity index (χ3v) is 4.55. The zero-order chi connectivity index (χ0) is 14.1. The molecule has 2 N–H and O–H groups in total. The van der Waals surface area contributed by atoms with Gasteiger partial charge < -0.3 is 10.6 Å². The summed E-state index contributed by atoms with van der Waals surface area (Å²) < 4.78 is 1.11. The molecule has 0 amide bonds. The Morgan fingerprint density at radius 2 is 2.05 bits per heavy atom. The fourth-order valence-electron chi connectivity index (χ4n) is 3.19. The molecular weight excluding hydrogens is 312 g/mol. The second-order valence-electron chi connectivity index (χ2n) is 5.40. The van der Waals surface area contributed by atoms with Gasteiger partial charge in [0.05, 0.1) is 6.04 Å². The van der Waals surface area contributed by atoms with Crippen molar-refractivity contribution in [2.75, 3.05) is 11.4 Å². The van der Waals surface area contributed by atoms with Crippen LogP contribution in [0.2, 0.25) is 0 Å². The van der Waals surface area contributed by atoms with E-state index in [9.17, 15) is 0 Å². The van der Waals surface area contributed by atoms with Gasteiger partial charge in [-0.25, -0.2) is 0 Å². The SMILES string of the molecule is CC1Cc2ccccc2N1C(CN)c1cccc(Br)c1. The molecule has 1 aliphatic heterocycles. The maximum atomic E-state index is 6.10. The van der Waals surface area contributed by atoms with Crippen LogP contribution in [0.5, 0.6) is 0 Å². The molecule has 2 unspecified atom stereocenters. The maximum absolute atomic E-state index is 6.10. The van der Waals surface area contributed by atoms with Crippen molar-refractivity contribution in [3.63, 3.8) is 0 Å². The van der Waals surface area contributed by atoms with E-state index >= 15 is 0 Å². The monoisotopic (exact) mass is 330 g/mol. The Balaban J connectivity index is 2.02. The minimum atomic E-state index is 0.228. The average Bonchev–Trinajstić information content (AvgIpc) is 2.77. The first-order valence-electron chi connectivity index (χ1n) is 7.02. The predicted molar refractivity (Wildman–Crippen MR) is 88.0 cm³/mol. The van der Waals surface area contributed by atoms with Gasteiger partial charge in [-0.3, -0.25) is 0 Å². The van der Waals surface area contributed by atoms with E-state index in [0.717, 1.165) is 10.9 Å². The average molecular weight is 331 g/mol. The lowest BCUT2D eigenvalue weighted by Gasteiger charge is -2.34. The number of para-hydroxylation sites is 1. The number of halogens is 1. The highest BCUT2D eigenvalue weighted by atomic mass is 79.9. The lowest BCUT2D eigenvalue weighted by molar-refractivity contribution is 0.569. The first kappa shape index (κ1) is 13.7. The van der Waals surface area contributed by atoms with Crippen molar-refractivity contribution < 1.29 is 0 Å². The van der Waals surface area contributed by atoms with E-state index in [4.69, 9.17) is 5.73 Å². The van der Waals surface area contributed by atoms with Crippen LogP contribution in [0.3, 0.4) is 0 Å². The maximum Gasteiger partial charge on any atom is 0.0668 e. The largest absolute Gasteiger partial charge is 0.360 e.